The van der Waals surface area contributed by atoms with E-state index in [0.717, 1.165) is 17.1 Å². The first kappa shape index (κ1) is 16.4. The van der Waals surface area contributed by atoms with Gasteiger partial charge in [-0.1, -0.05) is 32.0 Å². The maximum Gasteiger partial charge on any atom is 0.161 e. The lowest BCUT2D eigenvalue weighted by atomic mass is 9.95. The summed E-state index contributed by atoms with van der Waals surface area (Å²) in [5.41, 5.74) is 2.98. The zero-order valence-corrected chi connectivity index (χ0v) is 14.1. The van der Waals surface area contributed by atoms with Crippen LogP contribution in [-0.4, -0.2) is 13.2 Å². The van der Waals surface area contributed by atoms with Crippen LogP contribution in [0.5, 0.6) is 11.5 Å². The van der Waals surface area contributed by atoms with Crippen molar-refractivity contribution in [2.24, 2.45) is 5.92 Å². The van der Waals surface area contributed by atoms with Gasteiger partial charge in [-0.3, -0.25) is 0 Å². The van der Waals surface area contributed by atoms with E-state index >= 15 is 0 Å². The summed E-state index contributed by atoms with van der Waals surface area (Å²) in [4.78, 5) is 0. The molecule has 0 radical (unpaired) electrons. The van der Waals surface area contributed by atoms with Gasteiger partial charge >= 0.3 is 0 Å². The van der Waals surface area contributed by atoms with Crippen molar-refractivity contribution in [3.63, 3.8) is 0 Å². The van der Waals surface area contributed by atoms with E-state index in [1.165, 1.54) is 5.56 Å². The molecule has 0 aromatic heterocycles. The van der Waals surface area contributed by atoms with E-state index in [-0.39, 0.29) is 6.04 Å². The van der Waals surface area contributed by atoms with Gasteiger partial charge in [0.2, 0.25) is 0 Å². The maximum absolute atomic E-state index is 9.02. The summed E-state index contributed by atoms with van der Waals surface area (Å²) in [5, 5.41) is 12.6. The average molecular weight is 322 g/mol. The Hall–Kier alpha value is -2.51. The van der Waals surface area contributed by atoms with Crippen LogP contribution in [-0.2, 0) is 6.54 Å². The summed E-state index contributed by atoms with van der Waals surface area (Å²) in [6.45, 7) is 6.30. The number of benzene rings is 2. The third kappa shape index (κ3) is 3.69. The second-order valence-corrected chi connectivity index (χ2v) is 6.32. The molecule has 0 aliphatic carbocycles. The Kier molecular flexibility index (Phi) is 5.02. The molecule has 24 heavy (non-hydrogen) atoms. The molecule has 0 amide bonds. The fraction of sp³-hybridized carbons (Fsp3) is 0.350. The van der Waals surface area contributed by atoms with Crippen LogP contribution in [0.25, 0.3) is 0 Å². The average Bonchev–Trinajstić information content (AvgIpc) is 2.61. The minimum Gasteiger partial charge on any atom is -0.486 e. The Balaban J connectivity index is 1.76. The molecule has 1 atom stereocenters. The molecule has 124 valence electrons. The van der Waals surface area contributed by atoms with Gasteiger partial charge in [-0.05, 0) is 41.3 Å². The van der Waals surface area contributed by atoms with Crippen molar-refractivity contribution in [2.75, 3.05) is 13.2 Å². The molecule has 1 aliphatic heterocycles. The second-order valence-electron chi connectivity index (χ2n) is 6.32. The Bertz CT molecular complexity index is 750. The lowest BCUT2D eigenvalue weighted by molar-refractivity contribution is 0.171. The summed E-state index contributed by atoms with van der Waals surface area (Å²) < 4.78 is 11.3. The van der Waals surface area contributed by atoms with E-state index in [4.69, 9.17) is 14.7 Å². The molecule has 0 saturated carbocycles. The van der Waals surface area contributed by atoms with Crippen LogP contribution in [0.2, 0.25) is 0 Å². The van der Waals surface area contributed by atoms with Crippen molar-refractivity contribution in [1.29, 1.82) is 5.26 Å². The highest BCUT2D eigenvalue weighted by atomic mass is 16.6. The van der Waals surface area contributed by atoms with Crippen molar-refractivity contribution in [2.45, 2.75) is 26.4 Å². The first-order chi connectivity index (χ1) is 11.7. The van der Waals surface area contributed by atoms with Gasteiger partial charge in [-0.25, -0.2) is 0 Å². The molecular weight excluding hydrogens is 300 g/mol. The lowest BCUT2D eigenvalue weighted by Gasteiger charge is -2.25. The molecule has 2 aromatic rings. The highest BCUT2D eigenvalue weighted by Gasteiger charge is 2.19. The molecule has 0 saturated heterocycles. The predicted octanol–water partition coefficient (Wildman–Crippen LogP) is 3.82. The third-order valence-electron chi connectivity index (χ3n) is 4.17. The molecule has 0 fully saturated rings. The van der Waals surface area contributed by atoms with Gasteiger partial charge in [0, 0.05) is 12.6 Å². The number of fused-ring (bicyclic) bond motifs is 1. The predicted molar refractivity (Wildman–Crippen MR) is 93.0 cm³/mol. The molecular formula is C20H22N2O2. The van der Waals surface area contributed by atoms with Crippen LogP contribution >= 0.6 is 0 Å². The Labute approximate surface area is 143 Å². The highest BCUT2D eigenvalue weighted by molar-refractivity contribution is 5.44. The Morgan fingerprint density at radius 3 is 2.62 bits per heavy atom. The molecule has 0 unspecified atom stereocenters. The number of hydrogen-bond acceptors (Lipinski definition) is 4. The molecule has 1 N–H and O–H groups in total. The number of nitrogens with zero attached hydrogens (tertiary/aromatic N) is 1. The van der Waals surface area contributed by atoms with Crippen LogP contribution in [0, 0.1) is 17.2 Å². The van der Waals surface area contributed by atoms with E-state index in [2.05, 4.69) is 37.4 Å². The van der Waals surface area contributed by atoms with Crippen LogP contribution in [0.3, 0.4) is 0 Å². The standard InChI is InChI=1S/C20H22N2O2/c1-14(2)20(22-13-16-5-3-4-15(10-16)12-21)17-6-7-18-19(11-17)24-9-8-23-18/h3-7,10-11,14,20,22H,8-9,13H2,1-2H3/t20-/m0/s1. The monoisotopic (exact) mass is 322 g/mol. The highest BCUT2D eigenvalue weighted by Crippen LogP contribution is 2.34. The van der Waals surface area contributed by atoms with E-state index in [9.17, 15) is 0 Å². The number of ether oxygens (including phenoxy) is 2. The molecule has 1 aliphatic rings. The molecule has 0 bridgehead atoms. The van der Waals surface area contributed by atoms with Crippen molar-refractivity contribution >= 4 is 0 Å². The summed E-state index contributed by atoms with van der Waals surface area (Å²) in [6, 6.07) is 16.2. The minimum absolute atomic E-state index is 0.201. The molecule has 4 nitrogen and oxygen atoms in total. The van der Waals surface area contributed by atoms with Crippen molar-refractivity contribution < 1.29 is 9.47 Å². The first-order valence-corrected chi connectivity index (χ1v) is 8.29. The molecule has 0 spiro atoms. The van der Waals surface area contributed by atoms with E-state index < -0.39 is 0 Å². The summed E-state index contributed by atoms with van der Waals surface area (Å²) in [5.74, 6) is 2.05. The number of nitrogens with one attached hydrogen (secondary N) is 1. The summed E-state index contributed by atoms with van der Waals surface area (Å²) in [7, 11) is 0. The smallest absolute Gasteiger partial charge is 0.161 e. The lowest BCUT2D eigenvalue weighted by Crippen LogP contribution is -2.26. The quantitative estimate of drug-likeness (QED) is 0.909. The van der Waals surface area contributed by atoms with Crippen molar-refractivity contribution in [3.05, 3.63) is 59.2 Å². The van der Waals surface area contributed by atoms with E-state index in [0.29, 0.717) is 31.2 Å². The molecule has 3 rings (SSSR count). The number of nitriles is 1. The van der Waals surface area contributed by atoms with Gasteiger partial charge in [-0.2, -0.15) is 5.26 Å². The fourth-order valence-electron chi connectivity index (χ4n) is 2.97. The van der Waals surface area contributed by atoms with Gasteiger partial charge in [0.15, 0.2) is 11.5 Å². The van der Waals surface area contributed by atoms with E-state index in [1.807, 2.05) is 30.3 Å². The zero-order chi connectivity index (χ0) is 16.9. The summed E-state index contributed by atoms with van der Waals surface area (Å²) in [6.07, 6.45) is 0. The molecule has 1 heterocycles. The van der Waals surface area contributed by atoms with Crippen LogP contribution < -0.4 is 14.8 Å². The van der Waals surface area contributed by atoms with Crippen molar-refractivity contribution in [1.82, 2.24) is 5.32 Å². The maximum atomic E-state index is 9.02. The van der Waals surface area contributed by atoms with Gasteiger partial charge in [0.1, 0.15) is 13.2 Å². The zero-order valence-electron chi connectivity index (χ0n) is 14.1. The molecule has 4 heteroatoms. The van der Waals surface area contributed by atoms with Gasteiger partial charge in [0.05, 0.1) is 11.6 Å². The number of hydrogen-bond donors (Lipinski definition) is 1. The second kappa shape index (κ2) is 7.37. The van der Waals surface area contributed by atoms with Gasteiger partial charge < -0.3 is 14.8 Å². The SMILES string of the molecule is CC(C)[C@H](NCc1cccc(C#N)c1)c1ccc2c(c1)OCCO2. The number of rotatable bonds is 5. The molecule has 2 aromatic carbocycles. The Morgan fingerprint density at radius 1 is 1.08 bits per heavy atom. The first-order valence-electron chi connectivity index (χ1n) is 8.29. The van der Waals surface area contributed by atoms with E-state index in [1.54, 1.807) is 0 Å². The van der Waals surface area contributed by atoms with Gasteiger partial charge in [-0.15, -0.1) is 0 Å². The van der Waals surface area contributed by atoms with Crippen LogP contribution in [0.1, 0.15) is 36.6 Å². The van der Waals surface area contributed by atoms with Crippen molar-refractivity contribution in [3.8, 4) is 17.6 Å². The largest absolute Gasteiger partial charge is 0.486 e. The van der Waals surface area contributed by atoms with Crippen LogP contribution in [0.4, 0.5) is 0 Å². The minimum atomic E-state index is 0.201. The third-order valence-corrected chi connectivity index (χ3v) is 4.17. The van der Waals surface area contributed by atoms with Crippen LogP contribution in [0.15, 0.2) is 42.5 Å². The van der Waals surface area contributed by atoms with Gasteiger partial charge in [0.25, 0.3) is 0 Å². The summed E-state index contributed by atoms with van der Waals surface area (Å²) >= 11 is 0. The Morgan fingerprint density at radius 2 is 1.88 bits per heavy atom. The normalized spacial score (nSPS) is 14.2. The fourth-order valence-corrected chi connectivity index (χ4v) is 2.97. The topological polar surface area (TPSA) is 54.3 Å².